The zero-order valence-electron chi connectivity index (χ0n) is 15.7. The highest BCUT2D eigenvalue weighted by Crippen LogP contribution is 2.02. The monoisotopic (exact) mass is 370 g/mol. The van der Waals surface area contributed by atoms with Crippen molar-refractivity contribution < 1.29 is 9.18 Å². The predicted octanol–water partition coefficient (Wildman–Crippen LogP) is 2.28. The van der Waals surface area contributed by atoms with E-state index in [0.717, 1.165) is 18.4 Å². The molecule has 0 aliphatic heterocycles. The molecule has 0 heterocycles. The van der Waals surface area contributed by atoms with Gasteiger partial charge in [0.25, 0.3) is 0 Å². The molecule has 0 bridgehead atoms. The second kappa shape index (κ2) is 11.7. The van der Waals surface area contributed by atoms with Gasteiger partial charge >= 0.3 is 0 Å². The van der Waals surface area contributed by atoms with Crippen molar-refractivity contribution in [2.24, 2.45) is 4.99 Å². The molecule has 2 aromatic rings. The number of amides is 1. The topological polar surface area (TPSA) is 65.5 Å². The van der Waals surface area contributed by atoms with Crippen LogP contribution in [-0.2, 0) is 17.6 Å². The van der Waals surface area contributed by atoms with Crippen molar-refractivity contribution in [2.45, 2.75) is 19.8 Å². The number of hydrogen-bond acceptors (Lipinski definition) is 2. The fourth-order valence-corrected chi connectivity index (χ4v) is 2.52. The van der Waals surface area contributed by atoms with Gasteiger partial charge in [0.05, 0.1) is 0 Å². The first-order valence-electron chi connectivity index (χ1n) is 9.24. The van der Waals surface area contributed by atoms with E-state index in [0.29, 0.717) is 25.6 Å². The molecule has 0 saturated heterocycles. The van der Waals surface area contributed by atoms with Crippen molar-refractivity contribution in [1.29, 1.82) is 0 Å². The molecule has 0 atom stereocenters. The van der Waals surface area contributed by atoms with Gasteiger partial charge in [-0.25, -0.2) is 9.38 Å². The summed E-state index contributed by atoms with van der Waals surface area (Å²) in [5, 5.41) is 9.18. The van der Waals surface area contributed by atoms with Crippen molar-refractivity contribution >= 4 is 11.9 Å². The molecular weight excluding hydrogens is 343 g/mol. The second-order valence-electron chi connectivity index (χ2n) is 6.08. The quantitative estimate of drug-likeness (QED) is 0.469. The largest absolute Gasteiger partial charge is 0.357 e. The van der Waals surface area contributed by atoms with Gasteiger partial charge in [0.2, 0.25) is 5.91 Å². The smallest absolute Gasteiger partial charge is 0.241 e. The average molecular weight is 370 g/mol. The van der Waals surface area contributed by atoms with Crippen molar-refractivity contribution in [1.82, 2.24) is 16.0 Å². The number of benzene rings is 2. The standard InChI is InChI=1S/C21H27FN4O/c1-2-23-21(25-15-13-18-8-10-19(22)11-9-18)26-16-20(27)24-14-12-17-6-4-3-5-7-17/h3-11H,2,12-16H2,1H3,(H,24,27)(H2,23,25,26). The summed E-state index contributed by atoms with van der Waals surface area (Å²) in [5.41, 5.74) is 2.23. The molecule has 0 aliphatic carbocycles. The summed E-state index contributed by atoms with van der Waals surface area (Å²) in [6.07, 6.45) is 1.54. The van der Waals surface area contributed by atoms with Crippen LogP contribution >= 0.6 is 0 Å². The summed E-state index contributed by atoms with van der Waals surface area (Å²) in [6, 6.07) is 16.5. The van der Waals surface area contributed by atoms with E-state index in [-0.39, 0.29) is 18.3 Å². The first kappa shape index (κ1) is 20.4. The third kappa shape index (κ3) is 8.35. The van der Waals surface area contributed by atoms with E-state index in [9.17, 15) is 9.18 Å². The summed E-state index contributed by atoms with van der Waals surface area (Å²) in [5.74, 6) is 0.249. The zero-order valence-corrected chi connectivity index (χ0v) is 15.7. The Bertz CT molecular complexity index is 717. The molecule has 6 heteroatoms. The minimum atomic E-state index is -0.236. The molecule has 2 aromatic carbocycles. The average Bonchev–Trinajstić information content (AvgIpc) is 2.68. The molecule has 0 unspecified atom stereocenters. The fourth-order valence-electron chi connectivity index (χ4n) is 2.52. The Labute approximate surface area is 160 Å². The Balaban J connectivity index is 1.71. The molecule has 0 fully saturated rings. The Morgan fingerprint density at radius 3 is 2.19 bits per heavy atom. The number of nitrogens with zero attached hydrogens (tertiary/aromatic N) is 1. The van der Waals surface area contributed by atoms with Crippen LogP contribution in [0.5, 0.6) is 0 Å². The lowest BCUT2D eigenvalue weighted by atomic mass is 10.1. The van der Waals surface area contributed by atoms with Crippen molar-refractivity contribution in [3.63, 3.8) is 0 Å². The Morgan fingerprint density at radius 1 is 0.889 bits per heavy atom. The van der Waals surface area contributed by atoms with Crippen molar-refractivity contribution in [3.8, 4) is 0 Å². The molecule has 27 heavy (non-hydrogen) atoms. The van der Waals surface area contributed by atoms with Crippen molar-refractivity contribution in [2.75, 3.05) is 26.2 Å². The molecule has 5 nitrogen and oxygen atoms in total. The van der Waals surface area contributed by atoms with Crippen LogP contribution < -0.4 is 16.0 Å². The number of halogens is 1. The van der Waals surface area contributed by atoms with E-state index in [1.165, 1.54) is 17.7 Å². The maximum Gasteiger partial charge on any atom is 0.241 e. The number of nitrogens with one attached hydrogen (secondary N) is 3. The molecular formula is C21H27FN4O. The van der Waals surface area contributed by atoms with E-state index in [4.69, 9.17) is 0 Å². The van der Waals surface area contributed by atoms with E-state index >= 15 is 0 Å². The normalized spacial score (nSPS) is 11.1. The SMILES string of the molecule is CCNC(=NCC(=O)NCCc1ccccc1)NCCc1ccc(F)cc1. The lowest BCUT2D eigenvalue weighted by Crippen LogP contribution is -2.39. The Kier molecular flexibility index (Phi) is 8.83. The van der Waals surface area contributed by atoms with Crippen LogP contribution in [0.4, 0.5) is 4.39 Å². The maximum absolute atomic E-state index is 12.9. The number of carbonyl (C=O) groups is 1. The summed E-state index contributed by atoms with van der Waals surface area (Å²) < 4.78 is 12.9. The molecule has 0 aromatic heterocycles. The zero-order chi connectivity index (χ0) is 19.3. The maximum atomic E-state index is 12.9. The highest BCUT2D eigenvalue weighted by Gasteiger charge is 2.02. The lowest BCUT2D eigenvalue weighted by molar-refractivity contribution is -0.119. The minimum absolute atomic E-state index is 0.0701. The third-order valence-corrected chi connectivity index (χ3v) is 3.92. The third-order valence-electron chi connectivity index (χ3n) is 3.92. The van der Waals surface area contributed by atoms with Gasteiger partial charge in [-0.15, -0.1) is 0 Å². The summed E-state index contributed by atoms with van der Waals surface area (Å²) >= 11 is 0. The molecule has 144 valence electrons. The second-order valence-corrected chi connectivity index (χ2v) is 6.08. The van der Waals surface area contributed by atoms with Crippen LogP contribution in [0.1, 0.15) is 18.1 Å². The van der Waals surface area contributed by atoms with Crippen molar-refractivity contribution in [3.05, 3.63) is 71.5 Å². The molecule has 0 spiro atoms. The van der Waals surface area contributed by atoms with Crippen LogP contribution in [0, 0.1) is 5.82 Å². The number of rotatable bonds is 9. The first-order valence-corrected chi connectivity index (χ1v) is 9.24. The van der Waals surface area contributed by atoms with Crippen LogP contribution in [0.2, 0.25) is 0 Å². The first-order chi connectivity index (χ1) is 13.2. The molecule has 2 rings (SSSR count). The summed E-state index contributed by atoms with van der Waals surface area (Å²) in [6.45, 7) is 3.98. The molecule has 0 radical (unpaired) electrons. The Hall–Kier alpha value is -2.89. The number of carbonyl (C=O) groups excluding carboxylic acids is 1. The van der Waals surface area contributed by atoms with Crippen LogP contribution in [0.3, 0.4) is 0 Å². The van der Waals surface area contributed by atoms with Crippen LogP contribution in [-0.4, -0.2) is 38.0 Å². The highest BCUT2D eigenvalue weighted by atomic mass is 19.1. The Morgan fingerprint density at radius 2 is 1.52 bits per heavy atom. The highest BCUT2D eigenvalue weighted by molar-refractivity contribution is 5.84. The van der Waals surface area contributed by atoms with Gasteiger partial charge in [-0.3, -0.25) is 4.79 Å². The summed E-state index contributed by atoms with van der Waals surface area (Å²) in [4.78, 5) is 16.3. The van der Waals surface area contributed by atoms with Crippen LogP contribution in [0.25, 0.3) is 0 Å². The molecule has 0 aliphatic rings. The minimum Gasteiger partial charge on any atom is -0.357 e. The molecule has 3 N–H and O–H groups in total. The molecule has 0 saturated carbocycles. The van der Waals surface area contributed by atoms with Gasteiger partial charge in [-0.2, -0.15) is 0 Å². The van der Waals surface area contributed by atoms with Gasteiger partial charge in [0, 0.05) is 19.6 Å². The fraction of sp³-hybridized carbons (Fsp3) is 0.333. The van der Waals surface area contributed by atoms with Gasteiger partial charge in [-0.1, -0.05) is 42.5 Å². The predicted molar refractivity (Wildman–Crippen MR) is 107 cm³/mol. The number of hydrogen-bond donors (Lipinski definition) is 3. The molecule has 1 amide bonds. The lowest BCUT2D eigenvalue weighted by Gasteiger charge is -2.11. The number of guanidine groups is 1. The van der Waals surface area contributed by atoms with Gasteiger partial charge < -0.3 is 16.0 Å². The van der Waals surface area contributed by atoms with Gasteiger partial charge in [0.1, 0.15) is 12.4 Å². The van der Waals surface area contributed by atoms with Gasteiger partial charge in [0.15, 0.2) is 5.96 Å². The van der Waals surface area contributed by atoms with E-state index in [1.54, 1.807) is 12.1 Å². The van der Waals surface area contributed by atoms with Crippen LogP contribution in [0.15, 0.2) is 59.6 Å². The number of aliphatic imine (C=N–C) groups is 1. The van der Waals surface area contributed by atoms with E-state index < -0.39 is 0 Å². The van der Waals surface area contributed by atoms with E-state index in [2.05, 4.69) is 20.9 Å². The summed E-state index contributed by atoms with van der Waals surface area (Å²) in [7, 11) is 0. The van der Waals surface area contributed by atoms with E-state index in [1.807, 2.05) is 37.3 Å². The van der Waals surface area contributed by atoms with Gasteiger partial charge in [-0.05, 0) is 43.0 Å².